The number of ether oxygens (including phenoxy) is 1. The van der Waals surface area contributed by atoms with Crippen LogP contribution in [0, 0.1) is 0 Å². The minimum absolute atomic E-state index is 0.151. The van der Waals surface area contributed by atoms with Gasteiger partial charge in [0.25, 0.3) is 0 Å². The number of thiazole rings is 1. The minimum atomic E-state index is -0.151. The van der Waals surface area contributed by atoms with Gasteiger partial charge in [-0.25, -0.2) is 9.78 Å². The van der Waals surface area contributed by atoms with E-state index in [9.17, 15) is 4.79 Å². The van der Waals surface area contributed by atoms with Crippen molar-refractivity contribution in [2.24, 2.45) is 0 Å². The molecule has 0 bridgehead atoms. The van der Waals surface area contributed by atoms with E-state index in [4.69, 9.17) is 4.74 Å². The molecular weight excluding hydrogens is 324 g/mol. The Bertz CT molecular complexity index is 814. The molecule has 0 radical (unpaired) electrons. The number of amides is 2. The van der Waals surface area contributed by atoms with E-state index < -0.39 is 0 Å². The van der Waals surface area contributed by atoms with E-state index in [0.717, 1.165) is 60.2 Å². The first-order valence-corrected chi connectivity index (χ1v) is 9.43. The summed E-state index contributed by atoms with van der Waals surface area (Å²) in [7, 11) is 0. The lowest BCUT2D eigenvalue weighted by Gasteiger charge is -2.33. The maximum absolute atomic E-state index is 12.4. The monoisotopic (exact) mass is 344 g/mol. The fraction of sp³-hybridized carbons (Fsp3) is 0.529. The molecule has 1 aliphatic carbocycles. The van der Waals surface area contributed by atoms with Crippen molar-refractivity contribution >= 4 is 32.7 Å². The van der Waals surface area contributed by atoms with Crippen LogP contribution >= 0.6 is 11.3 Å². The third-order valence-corrected chi connectivity index (χ3v) is 6.30. The first-order valence-electron chi connectivity index (χ1n) is 8.61. The average molecular weight is 344 g/mol. The van der Waals surface area contributed by atoms with Crippen molar-refractivity contribution in [3.05, 3.63) is 17.7 Å². The zero-order valence-electron chi connectivity index (χ0n) is 13.4. The third-order valence-electron chi connectivity index (χ3n) is 5.36. The number of benzene rings is 1. The van der Waals surface area contributed by atoms with Gasteiger partial charge in [-0.3, -0.25) is 5.32 Å². The molecular formula is C17H20N4O2S. The second-order valence-electron chi connectivity index (χ2n) is 6.88. The van der Waals surface area contributed by atoms with Gasteiger partial charge in [-0.1, -0.05) is 11.3 Å². The van der Waals surface area contributed by atoms with Gasteiger partial charge in [0.2, 0.25) is 0 Å². The van der Waals surface area contributed by atoms with Gasteiger partial charge in [0.05, 0.1) is 16.8 Å². The van der Waals surface area contributed by atoms with Crippen molar-refractivity contribution in [3.63, 3.8) is 0 Å². The number of fused-ring (bicyclic) bond motifs is 3. The highest BCUT2D eigenvalue weighted by molar-refractivity contribution is 7.22. The van der Waals surface area contributed by atoms with Crippen molar-refractivity contribution in [2.75, 3.05) is 18.5 Å². The molecule has 1 aromatic heterocycles. The Balaban J connectivity index is 1.32. The van der Waals surface area contributed by atoms with Gasteiger partial charge in [-0.05, 0) is 44.4 Å². The molecule has 3 heterocycles. The first kappa shape index (κ1) is 14.5. The fourth-order valence-electron chi connectivity index (χ4n) is 3.93. The Hall–Kier alpha value is -1.86. The van der Waals surface area contributed by atoms with Gasteiger partial charge < -0.3 is 15.4 Å². The zero-order chi connectivity index (χ0) is 16.1. The van der Waals surface area contributed by atoms with Crippen LogP contribution < -0.4 is 20.7 Å². The lowest BCUT2D eigenvalue weighted by atomic mass is 9.96. The molecule has 1 spiro atoms. The molecule has 1 unspecified atom stereocenters. The van der Waals surface area contributed by atoms with Crippen LogP contribution in [-0.4, -0.2) is 35.7 Å². The normalized spacial score (nSPS) is 23.8. The van der Waals surface area contributed by atoms with E-state index in [1.807, 2.05) is 12.1 Å². The number of carbonyl (C=O) groups is 1. The molecule has 3 aliphatic rings. The highest BCUT2D eigenvalue weighted by Crippen LogP contribution is 2.42. The number of aromatic nitrogens is 1. The summed E-state index contributed by atoms with van der Waals surface area (Å²) in [6, 6.07) is 4.09. The molecule has 7 heteroatoms. The van der Waals surface area contributed by atoms with Crippen LogP contribution in [0.3, 0.4) is 0 Å². The number of nitrogens with zero attached hydrogens (tertiary/aromatic N) is 1. The van der Waals surface area contributed by atoms with Crippen molar-refractivity contribution in [1.29, 1.82) is 0 Å². The molecule has 1 atom stereocenters. The number of hydrogen-bond acceptors (Lipinski definition) is 5. The standard InChI is InChI=1S/C17H20N4O2S/c22-15(19-13-2-1-8-18-17(13)6-7-17)21-16-20-14-10-5-9-23-11(10)3-4-12(14)24-16/h3-4,13,18H,1-2,5-9H2,(H2,19,20,21,22). The second kappa shape index (κ2) is 5.32. The van der Waals surface area contributed by atoms with Gasteiger partial charge in [0, 0.05) is 23.6 Å². The Labute approximate surface area is 144 Å². The fourth-order valence-corrected chi connectivity index (χ4v) is 4.82. The van der Waals surface area contributed by atoms with Crippen LogP contribution in [-0.2, 0) is 6.42 Å². The molecule has 2 fully saturated rings. The van der Waals surface area contributed by atoms with Gasteiger partial charge in [-0.2, -0.15) is 0 Å². The van der Waals surface area contributed by atoms with Gasteiger partial charge in [0.1, 0.15) is 5.75 Å². The van der Waals surface area contributed by atoms with E-state index in [-0.39, 0.29) is 17.6 Å². The van der Waals surface area contributed by atoms with Crippen LogP contribution in [0.25, 0.3) is 10.2 Å². The number of nitrogens with one attached hydrogen (secondary N) is 3. The Morgan fingerprint density at radius 2 is 2.33 bits per heavy atom. The van der Waals surface area contributed by atoms with Crippen molar-refractivity contribution in [1.82, 2.24) is 15.6 Å². The summed E-state index contributed by atoms with van der Waals surface area (Å²) in [6.45, 7) is 1.77. The molecule has 2 aromatic rings. The number of carbonyl (C=O) groups excluding carboxylic acids is 1. The second-order valence-corrected chi connectivity index (χ2v) is 7.91. The maximum Gasteiger partial charge on any atom is 0.321 e. The smallest absolute Gasteiger partial charge is 0.321 e. The van der Waals surface area contributed by atoms with Crippen LogP contribution in [0.5, 0.6) is 5.75 Å². The average Bonchev–Trinajstić information content (AvgIpc) is 3.00. The van der Waals surface area contributed by atoms with Crippen molar-refractivity contribution in [2.45, 2.75) is 43.7 Å². The Morgan fingerprint density at radius 3 is 3.21 bits per heavy atom. The van der Waals surface area contributed by atoms with E-state index >= 15 is 0 Å². The predicted octanol–water partition coefficient (Wildman–Crippen LogP) is 2.64. The van der Waals surface area contributed by atoms with Gasteiger partial charge >= 0.3 is 6.03 Å². The van der Waals surface area contributed by atoms with Crippen LogP contribution in [0.4, 0.5) is 9.93 Å². The summed E-state index contributed by atoms with van der Waals surface area (Å²) in [6.07, 6.45) is 5.36. The SMILES string of the molecule is O=C(Nc1nc2c3c(ccc2s1)OCC3)NC1CCCNC12CC2. The van der Waals surface area contributed by atoms with Crippen LogP contribution in [0.15, 0.2) is 12.1 Å². The summed E-state index contributed by atoms with van der Waals surface area (Å²) >= 11 is 1.51. The van der Waals surface area contributed by atoms with Crippen LogP contribution in [0.2, 0.25) is 0 Å². The van der Waals surface area contributed by atoms with Gasteiger partial charge in [-0.15, -0.1) is 0 Å². The summed E-state index contributed by atoms with van der Waals surface area (Å²) in [5, 5.41) is 10.3. The highest BCUT2D eigenvalue weighted by atomic mass is 32.1. The largest absolute Gasteiger partial charge is 0.493 e. The third kappa shape index (κ3) is 2.34. The number of anilines is 1. The minimum Gasteiger partial charge on any atom is -0.493 e. The molecule has 1 aromatic carbocycles. The summed E-state index contributed by atoms with van der Waals surface area (Å²) in [5.41, 5.74) is 2.27. The number of piperidine rings is 1. The molecule has 2 amide bonds. The van der Waals surface area contributed by atoms with Gasteiger partial charge in [0.15, 0.2) is 5.13 Å². The Morgan fingerprint density at radius 1 is 1.42 bits per heavy atom. The van der Waals surface area contributed by atoms with Crippen molar-refractivity contribution < 1.29 is 9.53 Å². The molecule has 2 aliphatic heterocycles. The number of urea groups is 1. The topological polar surface area (TPSA) is 75.3 Å². The summed E-state index contributed by atoms with van der Waals surface area (Å²) in [5.74, 6) is 0.924. The lowest BCUT2D eigenvalue weighted by Crippen LogP contribution is -2.56. The predicted molar refractivity (Wildman–Crippen MR) is 94.0 cm³/mol. The zero-order valence-corrected chi connectivity index (χ0v) is 14.2. The lowest BCUT2D eigenvalue weighted by molar-refractivity contribution is 0.233. The molecule has 5 rings (SSSR count). The highest BCUT2D eigenvalue weighted by Gasteiger charge is 2.50. The number of hydrogen-bond donors (Lipinski definition) is 3. The molecule has 1 saturated carbocycles. The summed E-state index contributed by atoms with van der Waals surface area (Å²) < 4.78 is 6.68. The quantitative estimate of drug-likeness (QED) is 0.783. The van der Waals surface area contributed by atoms with E-state index in [1.54, 1.807) is 0 Å². The molecule has 3 N–H and O–H groups in total. The maximum atomic E-state index is 12.4. The molecule has 1 saturated heterocycles. The van der Waals surface area contributed by atoms with Crippen molar-refractivity contribution in [3.8, 4) is 5.75 Å². The summed E-state index contributed by atoms with van der Waals surface area (Å²) in [4.78, 5) is 17.0. The molecule has 126 valence electrons. The van der Waals surface area contributed by atoms with E-state index in [1.165, 1.54) is 11.3 Å². The van der Waals surface area contributed by atoms with E-state index in [2.05, 4.69) is 20.9 Å². The molecule has 6 nitrogen and oxygen atoms in total. The number of rotatable bonds is 2. The van der Waals surface area contributed by atoms with E-state index in [0.29, 0.717) is 11.7 Å². The molecule has 24 heavy (non-hydrogen) atoms. The van der Waals surface area contributed by atoms with Crippen LogP contribution in [0.1, 0.15) is 31.2 Å². The Kier molecular flexibility index (Phi) is 3.21. The first-order chi connectivity index (χ1) is 11.7.